The lowest BCUT2D eigenvalue weighted by Gasteiger charge is -2.48. The number of rotatable bonds is 14. The third-order valence-corrected chi connectivity index (χ3v) is 7.31. The number of ether oxygens (including phenoxy) is 7. The molecule has 3 heterocycles. The summed E-state index contributed by atoms with van der Waals surface area (Å²) in [7, 11) is 1.41. The molecule has 3 aliphatic rings. The molecule has 0 bridgehead atoms. The Balaban J connectivity index is 1.69. The minimum Gasteiger partial charge on any atom is -0.394 e. The van der Waals surface area contributed by atoms with Gasteiger partial charge in [0.1, 0.15) is 79.9 Å². The molecule has 11 N–H and O–H groups in total. The highest BCUT2D eigenvalue weighted by molar-refractivity contribution is 6.36. The Bertz CT molecular complexity index is 911. The fraction of sp³-hybridized carbons (Fsp3) is 0.917. The van der Waals surface area contributed by atoms with E-state index in [-0.39, 0.29) is 13.2 Å². The number of aliphatic hydroxyl groups is 10. The van der Waals surface area contributed by atoms with Crippen molar-refractivity contribution >= 4 is 11.7 Å². The van der Waals surface area contributed by atoms with E-state index in [2.05, 4.69) is 5.32 Å². The van der Waals surface area contributed by atoms with Gasteiger partial charge in [0.25, 0.3) is 5.91 Å². The van der Waals surface area contributed by atoms with Crippen molar-refractivity contribution in [2.75, 3.05) is 46.8 Å². The van der Waals surface area contributed by atoms with Crippen LogP contribution in [0.2, 0.25) is 0 Å². The number of hydrogen-bond donors (Lipinski definition) is 11. The molecule has 1 amide bonds. The van der Waals surface area contributed by atoms with Crippen molar-refractivity contribution in [2.24, 2.45) is 0 Å². The summed E-state index contributed by atoms with van der Waals surface area (Å²) in [5.74, 6) is -2.27. The first-order valence-electron chi connectivity index (χ1n) is 13.7. The van der Waals surface area contributed by atoms with E-state index in [4.69, 9.17) is 33.2 Å². The van der Waals surface area contributed by atoms with Gasteiger partial charge < -0.3 is 89.5 Å². The highest BCUT2D eigenvalue weighted by Crippen LogP contribution is 2.32. The molecule has 20 nitrogen and oxygen atoms in total. The average Bonchev–Trinajstić information content (AvgIpc) is 3.01. The summed E-state index contributed by atoms with van der Waals surface area (Å²) in [6.45, 7) is -2.96. The van der Waals surface area contributed by atoms with E-state index in [1.807, 2.05) is 0 Å². The topological polar surface area (TPSA) is 313 Å². The first-order valence-corrected chi connectivity index (χ1v) is 13.7. The van der Waals surface area contributed by atoms with Crippen molar-refractivity contribution in [3.63, 3.8) is 0 Å². The first kappa shape index (κ1) is 36.9. The van der Waals surface area contributed by atoms with Crippen LogP contribution in [0, 0.1) is 0 Å². The number of carbonyl (C=O) groups is 2. The standard InChI is InChI=1S/C24H41NO19/c1-38-2-3-39-7-8(29)21(37)25-22-16(34)15(33)19(11(6-28)40-22)43-24-18(36)20(13(31)10(5-27)42-24)44-23-17(35)14(32)12(30)9(4-26)41-23/h9-20,22-24,26-28,30-36H,2-7H2,1H3,(H,25,37)/t9-,10-,11-,12+,13+,14+,15-,16-,17-,18-,19-,20+,22-,23-,24-/m1/s1. The second-order valence-corrected chi connectivity index (χ2v) is 10.3. The van der Waals surface area contributed by atoms with Crippen molar-refractivity contribution in [3.8, 4) is 0 Å². The molecular weight excluding hydrogens is 606 g/mol. The minimum atomic E-state index is -1.99. The molecule has 0 aromatic carbocycles. The Morgan fingerprint density at radius 2 is 1.20 bits per heavy atom. The predicted octanol–water partition coefficient (Wildman–Crippen LogP) is -8.22. The van der Waals surface area contributed by atoms with Crippen molar-refractivity contribution < 1.29 is 93.8 Å². The van der Waals surface area contributed by atoms with Crippen LogP contribution in [0.1, 0.15) is 0 Å². The Labute approximate surface area is 250 Å². The Morgan fingerprint density at radius 3 is 1.80 bits per heavy atom. The van der Waals surface area contributed by atoms with Gasteiger partial charge in [-0.05, 0) is 0 Å². The van der Waals surface area contributed by atoms with Gasteiger partial charge in [0.05, 0.1) is 33.0 Å². The van der Waals surface area contributed by atoms with E-state index in [0.717, 1.165) is 0 Å². The van der Waals surface area contributed by atoms with Crippen LogP contribution >= 0.6 is 0 Å². The Hall–Kier alpha value is -1.54. The molecule has 15 atom stereocenters. The summed E-state index contributed by atoms with van der Waals surface area (Å²) < 4.78 is 36.9. The van der Waals surface area contributed by atoms with Crippen LogP contribution in [0.5, 0.6) is 0 Å². The largest absolute Gasteiger partial charge is 0.394 e. The van der Waals surface area contributed by atoms with Gasteiger partial charge in [-0.25, -0.2) is 0 Å². The lowest BCUT2D eigenvalue weighted by Crippen LogP contribution is -2.68. The van der Waals surface area contributed by atoms with E-state index in [9.17, 15) is 60.7 Å². The van der Waals surface area contributed by atoms with E-state index in [1.54, 1.807) is 0 Å². The van der Waals surface area contributed by atoms with Gasteiger partial charge in [0, 0.05) is 7.11 Å². The highest BCUT2D eigenvalue weighted by Gasteiger charge is 2.53. The van der Waals surface area contributed by atoms with Crippen molar-refractivity contribution in [3.05, 3.63) is 0 Å². The number of aliphatic hydroxyl groups excluding tert-OH is 10. The van der Waals surface area contributed by atoms with Crippen molar-refractivity contribution in [1.82, 2.24) is 5.32 Å². The fourth-order valence-electron chi connectivity index (χ4n) is 4.77. The molecule has 0 radical (unpaired) electrons. The summed E-state index contributed by atoms with van der Waals surface area (Å²) >= 11 is 0. The summed E-state index contributed by atoms with van der Waals surface area (Å²) in [5.41, 5.74) is 0. The quantitative estimate of drug-likeness (QED) is 0.0616. The summed E-state index contributed by atoms with van der Waals surface area (Å²) in [6.07, 6.45) is -26.4. The highest BCUT2D eigenvalue weighted by atomic mass is 16.7. The van der Waals surface area contributed by atoms with E-state index >= 15 is 0 Å². The lowest BCUT2D eigenvalue weighted by molar-refractivity contribution is -0.374. The number of methoxy groups -OCH3 is 1. The molecule has 3 saturated heterocycles. The van der Waals surface area contributed by atoms with Crippen LogP contribution in [0.25, 0.3) is 0 Å². The summed E-state index contributed by atoms with van der Waals surface area (Å²) in [5, 5.41) is 104. The van der Waals surface area contributed by atoms with E-state index in [0.29, 0.717) is 0 Å². The smallest absolute Gasteiger partial charge is 0.291 e. The molecule has 0 unspecified atom stereocenters. The summed E-state index contributed by atoms with van der Waals surface area (Å²) in [4.78, 5) is 24.3. The minimum absolute atomic E-state index is 0.0278. The second kappa shape index (κ2) is 16.9. The summed E-state index contributed by atoms with van der Waals surface area (Å²) in [6, 6.07) is 0. The lowest BCUT2D eigenvalue weighted by atomic mass is 9.95. The Kier molecular flexibility index (Phi) is 14.1. The molecule has 0 aromatic rings. The van der Waals surface area contributed by atoms with Gasteiger partial charge >= 0.3 is 0 Å². The van der Waals surface area contributed by atoms with Gasteiger partial charge in [0.2, 0.25) is 5.78 Å². The third kappa shape index (κ3) is 8.43. The third-order valence-electron chi connectivity index (χ3n) is 7.31. The van der Waals surface area contributed by atoms with Gasteiger partial charge in [-0.3, -0.25) is 9.59 Å². The van der Waals surface area contributed by atoms with Gasteiger partial charge in [-0.2, -0.15) is 0 Å². The Morgan fingerprint density at radius 1 is 0.636 bits per heavy atom. The van der Waals surface area contributed by atoms with Crippen molar-refractivity contribution in [2.45, 2.75) is 92.1 Å². The molecule has 0 aromatic heterocycles. The SMILES string of the molecule is COCCOCC(=O)C(=O)N[C@@H]1O[C@H](CO)[C@@H](O[C@H]2O[C@H](CO)[C@H](O)[C@H](O[C@H]3O[C@H](CO)[C@H](O)[C@H](O)[C@H]3O)[C@H]2O)[C@H](O)[C@H]1O. The number of hydrogen-bond acceptors (Lipinski definition) is 19. The maximum atomic E-state index is 12.2. The molecule has 0 spiro atoms. The van der Waals surface area contributed by atoms with Crippen LogP contribution in [-0.2, 0) is 42.7 Å². The van der Waals surface area contributed by atoms with Gasteiger partial charge in [-0.1, -0.05) is 0 Å². The number of ketones is 1. The maximum Gasteiger partial charge on any atom is 0.291 e. The van der Waals surface area contributed by atoms with E-state index in [1.165, 1.54) is 7.11 Å². The van der Waals surface area contributed by atoms with Gasteiger partial charge in [-0.15, -0.1) is 0 Å². The zero-order valence-electron chi connectivity index (χ0n) is 23.5. The van der Waals surface area contributed by atoms with Gasteiger partial charge in [0.15, 0.2) is 18.8 Å². The fourth-order valence-corrected chi connectivity index (χ4v) is 4.77. The molecule has 0 saturated carbocycles. The van der Waals surface area contributed by atoms with E-state index < -0.39 is 130 Å². The molecular formula is C24H41NO19. The predicted molar refractivity (Wildman–Crippen MR) is 135 cm³/mol. The average molecular weight is 648 g/mol. The first-order chi connectivity index (χ1) is 20.9. The van der Waals surface area contributed by atoms with Crippen molar-refractivity contribution in [1.29, 1.82) is 0 Å². The zero-order valence-corrected chi connectivity index (χ0v) is 23.5. The number of nitrogens with one attached hydrogen (secondary N) is 1. The maximum absolute atomic E-state index is 12.2. The molecule has 3 aliphatic heterocycles. The molecule has 20 heteroatoms. The normalized spacial score (nSPS) is 43.0. The molecule has 44 heavy (non-hydrogen) atoms. The number of amides is 1. The zero-order chi connectivity index (χ0) is 32.7. The van der Waals surface area contributed by atoms with Crippen LogP contribution in [-0.4, -0.2) is 202 Å². The second-order valence-electron chi connectivity index (χ2n) is 10.3. The van der Waals surface area contributed by atoms with Crippen LogP contribution < -0.4 is 5.32 Å². The molecule has 256 valence electrons. The molecule has 3 rings (SSSR count). The molecule has 3 fully saturated rings. The number of carbonyl (C=O) groups excluding carboxylic acids is 2. The van der Waals surface area contributed by atoms with Crippen LogP contribution in [0.15, 0.2) is 0 Å². The van der Waals surface area contributed by atoms with Crippen LogP contribution in [0.3, 0.4) is 0 Å². The number of Topliss-reactive ketones (excluding diaryl/α,β-unsaturated/α-hetero) is 1. The molecule has 0 aliphatic carbocycles. The monoisotopic (exact) mass is 647 g/mol. The van der Waals surface area contributed by atoms with Crippen LogP contribution in [0.4, 0.5) is 0 Å².